The summed E-state index contributed by atoms with van der Waals surface area (Å²) in [7, 11) is 0. The highest BCUT2D eigenvalue weighted by Gasteiger charge is 2.16. The molecule has 0 amide bonds. The lowest BCUT2D eigenvalue weighted by Crippen LogP contribution is -2.15. The summed E-state index contributed by atoms with van der Waals surface area (Å²) in [6.45, 7) is 2.46. The molecule has 0 atom stereocenters. The Kier molecular flexibility index (Phi) is 4.06. The third kappa shape index (κ3) is 3.01. The Bertz CT molecular complexity index is 382. The Balaban J connectivity index is 1.88. The van der Waals surface area contributed by atoms with Gasteiger partial charge in [0.05, 0.1) is 0 Å². The fourth-order valence-electron chi connectivity index (χ4n) is 1.73. The third-order valence-electron chi connectivity index (χ3n) is 2.70. The van der Waals surface area contributed by atoms with Crippen LogP contribution in [0.2, 0.25) is 0 Å². The largest absolute Gasteiger partial charge is 0.507 e. The van der Waals surface area contributed by atoms with Crippen LogP contribution in [0.25, 0.3) is 0 Å². The van der Waals surface area contributed by atoms with Crippen LogP contribution in [-0.4, -0.2) is 25.0 Å². The predicted molar refractivity (Wildman–Crippen MR) is 64.2 cm³/mol. The monoisotopic (exact) mass is 238 g/mol. The number of phenolic OH excluding ortho intramolecular Hbond substituents is 1. The Labute approximate surface area is 101 Å². The van der Waals surface area contributed by atoms with E-state index in [1.807, 2.05) is 6.07 Å². The average molecular weight is 238 g/mol. The summed E-state index contributed by atoms with van der Waals surface area (Å²) in [5.41, 5.74) is 6.23. The predicted octanol–water partition coefficient (Wildman–Crippen LogP) is 0.949. The molecule has 0 aliphatic carbocycles. The molecule has 4 N–H and O–H groups in total. The van der Waals surface area contributed by atoms with Crippen LogP contribution in [0.3, 0.4) is 0 Å². The Hall–Kier alpha value is -1.46. The average Bonchev–Trinajstić information content (AvgIpc) is 2.76. The van der Waals surface area contributed by atoms with E-state index < -0.39 is 0 Å². The number of rotatable bonds is 6. The minimum absolute atomic E-state index is 0.224. The Morgan fingerprint density at radius 1 is 1.24 bits per heavy atom. The standard InChI is InChI=1S/C12H18N2O3/c13-3-1-2-4-14-7-9-5-11-12(6-10(9)15)17-8-16-11/h5-6,14-15H,1-4,7-8,13H2. The number of hydrogen-bond acceptors (Lipinski definition) is 5. The molecule has 0 aromatic heterocycles. The Morgan fingerprint density at radius 3 is 2.76 bits per heavy atom. The second-order valence-electron chi connectivity index (χ2n) is 4.01. The highest BCUT2D eigenvalue weighted by molar-refractivity contribution is 5.51. The second kappa shape index (κ2) is 5.75. The van der Waals surface area contributed by atoms with E-state index in [1.54, 1.807) is 6.07 Å². The molecule has 1 heterocycles. The summed E-state index contributed by atoms with van der Waals surface area (Å²) >= 11 is 0. The summed E-state index contributed by atoms with van der Waals surface area (Å²) in [5, 5.41) is 13.0. The zero-order valence-corrected chi connectivity index (χ0v) is 9.74. The van der Waals surface area contributed by atoms with Crippen LogP contribution in [0.1, 0.15) is 18.4 Å². The van der Waals surface area contributed by atoms with Crippen molar-refractivity contribution in [3.05, 3.63) is 17.7 Å². The lowest BCUT2D eigenvalue weighted by molar-refractivity contribution is 0.174. The van der Waals surface area contributed by atoms with Gasteiger partial charge in [0.2, 0.25) is 6.79 Å². The van der Waals surface area contributed by atoms with Crippen molar-refractivity contribution in [3.63, 3.8) is 0 Å². The lowest BCUT2D eigenvalue weighted by atomic mass is 10.1. The van der Waals surface area contributed by atoms with Gasteiger partial charge >= 0.3 is 0 Å². The first-order valence-corrected chi connectivity index (χ1v) is 5.83. The molecule has 1 aromatic rings. The van der Waals surface area contributed by atoms with E-state index in [-0.39, 0.29) is 12.5 Å². The summed E-state index contributed by atoms with van der Waals surface area (Å²) in [5.74, 6) is 1.54. The third-order valence-corrected chi connectivity index (χ3v) is 2.70. The fraction of sp³-hybridized carbons (Fsp3) is 0.500. The van der Waals surface area contributed by atoms with Gasteiger partial charge in [0, 0.05) is 18.2 Å². The lowest BCUT2D eigenvalue weighted by Gasteiger charge is -2.07. The molecule has 1 aromatic carbocycles. The molecule has 94 valence electrons. The van der Waals surface area contributed by atoms with Crippen LogP contribution >= 0.6 is 0 Å². The zero-order chi connectivity index (χ0) is 12.1. The van der Waals surface area contributed by atoms with Gasteiger partial charge in [-0.1, -0.05) is 0 Å². The normalized spacial score (nSPS) is 13.0. The van der Waals surface area contributed by atoms with E-state index in [1.165, 1.54) is 0 Å². The molecule has 0 fully saturated rings. The van der Waals surface area contributed by atoms with E-state index in [9.17, 15) is 5.11 Å². The van der Waals surface area contributed by atoms with Gasteiger partial charge in [-0.3, -0.25) is 0 Å². The van der Waals surface area contributed by atoms with Crippen molar-refractivity contribution >= 4 is 0 Å². The smallest absolute Gasteiger partial charge is 0.231 e. The van der Waals surface area contributed by atoms with E-state index >= 15 is 0 Å². The summed E-state index contributed by atoms with van der Waals surface area (Å²) in [6.07, 6.45) is 2.06. The van der Waals surface area contributed by atoms with Crippen LogP contribution in [0, 0.1) is 0 Å². The fourth-order valence-corrected chi connectivity index (χ4v) is 1.73. The van der Waals surface area contributed by atoms with E-state index in [0.717, 1.165) is 31.5 Å². The first-order chi connectivity index (χ1) is 8.31. The van der Waals surface area contributed by atoms with Crippen molar-refractivity contribution in [2.45, 2.75) is 19.4 Å². The summed E-state index contributed by atoms with van der Waals surface area (Å²) < 4.78 is 10.4. The molecular formula is C12H18N2O3. The quantitative estimate of drug-likeness (QED) is 0.643. The maximum Gasteiger partial charge on any atom is 0.231 e. The molecule has 1 aliphatic heterocycles. The first-order valence-electron chi connectivity index (χ1n) is 5.83. The molecule has 2 rings (SSSR count). The number of nitrogens with two attached hydrogens (primary N) is 1. The van der Waals surface area contributed by atoms with E-state index in [0.29, 0.717) is 18.0 Å². The number of hydrogen-bond donors (Lipinski definition) is 3. The molecule has 5 heteroatoms. The van der Waals surface area contributed by atoms with Crippen LogP contribution < -0.4 is 20.5 Å². The number of benzene rings is 1. The molecule has 1 aliphatic rings. The molecule has 0 spiro atoms. The van der Waals surface area contributed by atoms with Crippen molar-refractivity contribution in [1.82, 2.24) is 5.32 Å². The van der Waals surface area contributed by atoms with Gasteiger partial charge in [-0.05, 0) is 32.0 Å². The topological polar surface area (TPSA) is 76.7 Å². The molecular weight excluding hydrogens is 220 g/mol. The van der Waals surface area contributed by atoms with Crippen molar-refractivity contribution in [2.24, 2.45) is 5.73 Å². The van der Waals surface area contributed by atoms with Gasteiger partial charge in [-0.15, -0.1) is 0 Å². The molecule has 5 nitrogen and oxygen atoms in total. The summed E-state index contributed by atoms with van der Waals surface area (Å²) in [6, 6.07) is 3.41. The number of phenols is 1. The second-order valence-corrected chi connectivity index (χ2v) is 4.01. The number of ether oxygens (including phenoxy) is 2. The van der Waals surface area contributed by atoms with Crippen LogP contribution in [0.4, 0.5) is 0 Å². The van der Waals surface area contributed by atoms with Gasteiger partial charge in [-0.25, -0.2) is 0 Å². The van der Waals surface area contributed by atoms with Gasteiger partial charge in [-0.2, -0.15) is 0 Å². The molecule has 0 bridgehead atoms. The number of nitrogens with one attached hydrogen (secondary N) is 1. The number of unbranched alkanes of at least 4 members (excludes halogenated alkanes) is 1. The number of fused-ring (bicyclic) bond motifs is 1. The van der Waals surface area contributed by atoms with Gasteiger partial charge in [0.25, 0.3) is 0 Å². The Morgan fingerprint density at radius 2 is 2.00 bits per heavy atom. The molecule has 17 heavy (non-hydrogen) atoms. The van der Waals surface area contributed by atoms with Crippen molar-refractivity contribution < 1.29 is 14.6 Å². The van der Waals surface area contributed by atoms with Gasteiger partial charge in [0.15, 0.2) is 11.5 Å². The van der Waals surface area contributed by atoms with Gasteiger partial charge < -0.3 is 25.6 Å². The first kappa shape index (κ1) is 12.0. The van der Waals surface area contributed by atoms with Crippen LogP contribution in [0.5, 0.6) is 17.2 Å². The molecule has 0 saturated carbocycles. The molecule has 0 saturated heterocycles. The van der Waals surface area contributed by atoms with Crippen molar-refractivity contribution in [2.75, 3.05) is 19.9 Å². The van der Waals surface area contributed by atoms with E-state index in [4.69, 9.17) is 15.2 Å². The maximum absolute atomic E-state index is 9.78. The maximum atomic E-state index is 9.78. The minimum Gasteiger partial charge on any atom is -0.507 e. The highest BCUT2D eigenvalue weighted by atomic mass is 16.7. The highest BCUT2D eigenvalue weighted by Crippen LogP contribution is 2.37. The molecule has 0 radical (unpaired) electrons. The van der Waals surface area contributed by atoms with Crippen LogP contribution in [-0.2, 0) is 6.54 Å². The number of aromatic hydroxyl groups is 1. The SMILES string of the molecule is NCCCCNCc1cc2c(cc1O)OCO2. The minimum atomic E-state index is 0.224. The van der Waals surface area contributed by atoms with Crippen LogP contribution in [0.15, 0.2) is 12.1 Å². The van der Waals surface area contributed by atoms with Crippen molar-refractivity contribution in [3.8, 4) is 17.2 Å². The molecule has 0 unspecified atom stereocenters. The van der Waals surface area contributed by atoms with Crippen molar-refractivity contribution in [1.29, 1.82) is 0 Å². The van der Waals surface area contributed by atoms with E-state index in [2.05, 4.69) is 5.32 Å². The van der Waals surface area contributed by atoms with Gasteiger partial charge in [0.1, 0.15) is 5.75 Å². The summed E-state index contributed by atoms with van der Waals surface area (Å²) in [4.78, 5) is 0. The zero-order valence-electron chi connectivity index (χ0n) is 9.74.